The van der Waals surface area contributed by atoms with Crippen molar-refractivity contribution >= 4 is 33.9 Å². The fourth-order valence-electron chi connectivity index (χ4n) is 2.38. The lowest BCUT2D eigenvalue weighted by Gasteiger charge is -2.10. The Morgan fingerprint density at radius 1 is 1.08 bits per heavy atom. The number of anilines is 1. The second-order valence-electron chi connectivity index (χ2n) is 5.18. The predicted molar refractivity (Wildman–Crippen MR) is 98.6 cm³/mol. The molecule has 0 spiro atoms. The molecule has 0 aliphatic carbocycles. The van der Waals surface area contributed by atoms with E-state index in [1.165, 1.54) is 28.7 Å². The molecule has 0 aliphatic rings. The van der Waals surface area contributed by atoms with Gasteiger partial charge in [0.2, 0.25) is 0 Å². The van der Waals surface area contributed by atoms with Crippen molar-refractivity contribution < 1.29 is 0 Å². The van der Waals surface area contributed by atoms with Gasteiger partial charge in [0.05, 0.1) is 0 Å². The third-order valence-electron chi connectivity index (χ3n) is 3.55. The first-order valence-electron chi connectivity index (χ1n) is 7.50. The van der Waals surface area contributed by atoms with Gasteiger partial charge in [-0.15, -0.1) is 0 Å². The van der Waals surface area contributed by atoms with Crippen molar-refractivity contribution in [2.75, 3.05) is 11.9 Å². The zero-order valence-electron chi connectivity index (χ0n) is 12.9. The quantitative estimate of drug-likeness (QED) is 0.715. The highest BCUT2D eigenvalue weighted by atomic mass is 32.1. The van der Waals surface area contributed by atoms with Crippen LogP contribution in [0.2, 0.25) is 0 Å². The summed E-state index contributed by atoms with van der Waals surface area (Å²) in [6.45, 7) is 0.687. The number of fused-ring (bicyclic) bond motifs is 1. The van der Waals surface area contributed by atoms with Gasteiger partial charge in [-0.05, 0) is 35.0 Å². The van der Waals surface area contributed by atoms with Gasteiger partial charge in [0.1, 0.15) is 6.07 Å². The Kier molecular flexibility index (Phi) is 4.94. The predicted octanol–water partition coefficient (Wildman–Crippen LogP) is 3.03. The highest BCUT2D eigenvalue weighted by molar-refractivity contribution is 7.80. The molecule has 0 saturated carbocycles. The lowest BCUT2D eigenvalue weighted by Crippen LogP contribution is -2.30. The zero-order valence-corrected chi connectivity index (χ0v) is 13.7. The number of thiocarbonyl (C=S) groups is 1. The number of rotatable bonds is 4. The van der Waals surface area contributed by atoms with Gasteiger partial charge in [0.25, 0.3) is 0 Å². The van der Waals surface area contributed by atoms with E-state index < -0.39 is 0 Å². The molecule has 0 saturated heterocycles. The van der Waals surface area contributed by atoms with Crippen molar-refractivity contribution in [2.45, 2.75) is 6.42 Å². The Morgan fingerprint density at radius 2 is 1.88 bits per heavy atom. The molecule has 6 heteroatoms. The summed E-state index contributed by atoms with van der Waals surface area (Å²) < 4.78 is 0. The molecule has 0 radical (unpaired) electrons. The minimum atomic E-state index is 0.219. The summed E-state index contributed by atoms with van der Waals surface area (Å²) in [5.74, 6) is 0.364. The first-order chi connectivity index (χ1) is 11.8. The van der Waals surface area contributed by atoms with Crippen LogP contribution in [0.25, 0.3) is 10.8 Å². The summed E-state index contributed by atoms with van der Waals surface area (Å²) in [5.41, 5.74) is 1.46. The Bertz CT molecular complexity index is 916. The molecule has 1 aromatic heterocycles. The Hall–Kier alpha value is -3.04. The molecule has 2 aromatic carbocycles. The lowest BCUT2D eigenvalue weighted by atomic mass is 10.1. The fourth-order valence-corrected chi connectivity index (χ4v) is 2.58. The molecular weight excluding hydrogens is 318 g/mol. The topological polar surface area (TPSA) is 73.6 Å². The van der Waals surface area contributed by atoms with Crippen LogP contribution in [-0.4, -0.2) is 21.6 Å². The molecule has 0 amide bonds. The average Bonchev–Trinajstić information content (AvgIpc) is 2.62. The molecule has 0 fully saturated rings. The Morgan fingerprint density at radius 3 is 2.71 bits per heavy atom. The van der Waals surface area contributed by atoms with Crippen LogP contribution in [0.15, 0.2) is 54.9 Å². The van der Waals surface area contributed by atoms with Gasteiger partial charge in [-0.2, -0.15) is 5.26 Å². The molecule has 3 aromatic rings. The summed E-state index contributed by atoms with van der Waals surface area (Å²) in [5, 5.41) is 17.9. The smallest absolute Gasteiger partial charge is 0.183 e. The van der Waals surface area contributed by atoms with E-state index >= 15 is 0 Å². The summed E-state index contributed by atoms with van der Waals surface area (Å²) in [6.07, 6.45) is 3.83. The molecule has 0 unspecified atom stereocenters. The molecule has 0 atom stereocenters. The van der Waals surface area contributed by atoms with Gasteiger partial charge in [0.15, 0.2) is 16.6 Å². The van der Waals surface area contributed by atoms with E-state index in [-0.39, 0.29) is 5.69 Å². The van der Waals surface area contributed by atoms with Gasteiger partial charge in [-0.25, -0.2) is 9.97 Å². The van der Waals surface area contributed by atoms with Crippen LogP contribution in [0.5, 0.6) is 0 Å². The molecule has 1 heterocycles. The minimum Gasteiger partial charge on any atom is -0.362 e. The van der Waals surface area contributed by atoms with Crippen molar-refractivity contribution in [1.29, 1.82) is 5.26 Å². The summed E-state index contributed by atoms with van der Waals surface area (Å²) >= 11 is 5.24. The second-order valence-corrected chi connectivity index (χ2v) is 5.59. The van der Waals surface area contributed by atoms with Crippen molar-refractivity contribution in [3.63, 3.8) is 0 Å². The normalized spacial score (nSPS) is 10.1. The van der Waals surface area contributed by atoms with Gasteiger partial charge >= 0.3 is 0 Å². The maximum atomic E-state index is 8.99. The second kappa shape index (κ2) is 7.49. The molecule has 24 heavy (non-hydrogen) atoms. The van der Waals surface area contributed by atoms with Gasteiger partial charge in [-0.1, -0.05) is 42.5 Å². The first-order valence-corrected chi connectivity index (χ1v) is 7.91. The summed E-state index contributed by atoms with van der Waals surface area (Å²) in [6, 6.07) is 16.7. The molecular formula is C18H15N5S. The largest absolute Gasteiger partial charge is 0.362 e. The lowest BCUT2D eigenvalue weighted by molar-refractivity contribution is 0.873. The van der Waals surface area contributed by atoms with E-state index in [4.69, 9.17) is 17.5 Å². The van der Waals surface area contributed by atoms with Crippen LogP contribution in [0.1, 0.15) is 11.3 Å². The first kappa shape index (κ1) is 15.8. The Labute approximate surface area is 145 Å². The maximum Gasteiger partial charge on any atom is 0.183 e. The van der Waals surface area contributed by atoms with E-state index in [2.05, 4.69) is 50.9 Å². The highest BCUT2D eigenvalue weighted by Gasteiger charge is 2.05. The molecule has 0 bridgehead atoms. The van der Waals surface area contributed by atoms with Crippen LogP contribution in [0.4, 0.5) is 5.82 Å². The highest BCUT2D eigenvalue weighted by Crippen LogP contribution is 2.15. The van der Waals surface area contributed by atoms with Gasteiger partial charge in [-0.3, -0.25) is 0 Å². The van der Waals surface area contributed by atoms with Gasteiger partial charge < -0.3 is 10.6 Å². The molecule has 5 nitrogen and oxygen atoms in total. The SMILES string of the molecule is N#Cc1nccnc1NC(=S)NCCc1ccc2ccccc2c1. The van der Waals surface area contributed by atoms with Crippen LogP contribution in [-0.2, 0) is 6.42 Å². The molecule has 3 rings (SSSR count). The molecule has 2 N–H and O–H groups in total. The van der Waals surface area contributed by atoms with E-state index in [0.717, 1.165) is 6.42 Å². The molecule has 118 valence electrons. The Balaban J connectivity index is 1.55. The van der Waals surface area contributed by atoms with Crippen molar-refractivity contribution in [1.82, 2.24) is 15.3 Å². The van der Waals surface area contributed by atoms with Crippen molar-refractivity contribution in [3.05, 3.63) is 66.1 Å². The number of benzene rings is 2. The van der Waals surface area contributed by atoms with Crippen molar-refractivity contribution in [3.8, 4) is 6.07 Å². The summed E-state index contributed by atoms with van der Waals surface area (Å²) in [7, 11) is 0. The van der Waals surface area contributed by atoms with Crippen LogP contribution >= 0.6 is 12.2 Å². The van der Waals surface area contributed by atoms with E-state index in [1.54, 1.807) is 0 Å². The molecule has 0 aliphatic heterocycles. The number of aromatic nitrogens is 2. The number of hydrogen-bond donors (Lipinski definition) is 2. The number of hydrogen-bond acceptors (Lipinski definition) is 4. The minimum absolute atomic E-state index is 0.219. The third-order valence-corrected chi connectivity index (χ3v) is 3.80. The van der Waals surface area contributed by atoms with E-state index in [1.807, 2.05) is 18.2 Å². The number of nitrogens with zero attached hydrogens (tertiary/aromatic N) is 3. The maximum absolute atomic E-state index is 8.99. The van der Waals surface area contributed by atoms with Crippen LogP contribution in [0, 0.1) is 11.3 Å². The zero-order chi connectivity index (χ0) is 16.8. The van der Waals surface area contributed by atoms with Gasteiger partial charge in [0, 0.05) is 18.9 Å². The number of nitrogens with one attached hydrogen (secondary N) is 2. The van der Waals surface area contributed by atoms with Crippen molar-refractivity contribution in [2.24, 2.45) is 0 Å². The van der Waals surface area contributed by atoms with Crippen LogP contribution in [0.3, 0.4) is 0 Å². The summed E-state index contributed by atoms with van der Waals surface area (Å²) in [4.78, 5) is 8.00. The standard InChI is InChI=1S/C18H15N5S/c19-12-16-17(21-10-9-20-16)23-18(24)22-8-7-13-5-6-14-3-1-2-4-15(14)11-13/h1-6,9-11H,7-8H2,(H2,21,22,23,24). The number of nitriles is 1. The van der Waals surface area contributed by atoms with E-state index in [9.17, 15) is 0 Å². The fraction of sp³-hybridized carbons (Fsp3) is 0.111. The third kappa shape index (κ3) is 3.83. The van der Waals surface area contributed by atoms with E-state index in [0.29, 0.717) is 17.5 Å². The van der Waals surface area contributed by atoms with Crippen LogP contribution < -0.4 is 10.6 Å². The average molecular weight is 333 g/mol. The monoisotopic (exact) mass is 333 g/mol.